The van der Waals surface area contributed by atoms with Gasteiger partial charge < -0.3 is 11.5 Å². The van der Waals surface area contributed by atoms with Crippen molar-refractivity contribution in [3.05, 3.63) is 47.2 Å². The monoisotopic (exact) mass is 248 g/mol. The van der Waals surface area contributed by atoms with Crippen molar-refractivity contribution in [2.24, 2.45) is 5.73 Å². The number of alkyl halides is 1. The number of halogens is 1. The smallest absolute Gasteiger partial charge is 0.254 e. The highest BCUT2D eigenvalue weighted by atomic mass is 19.1. The highest BCUT2D eigenvalue weighted by Crippen LogP contribution is 2.18. The van der Waals surface area contributed by atoms with Gasteiger partial charge in [-0.25, -0.2) is 9.07 Å². The Morgan fingerprint density at radius 1 is 1.33 bits per heavy atom. The fraction of sp³-hybridized carbons (Fsp3) is 0.167. The summed E-state index contributed by atoms with van der Waals surface area (Å²) in [5, 5.41) is 3.96. The van der Waals surface area contributed by atoms with Crippen molar-refractivity contribution < 1.29 is 9.18 Å². The van der Waals surface area contributed by atoms with Crippen LogP contribution in [0.4, 0.5) is 10.2 Å². The van der Waals surface area contributed by atoms with Gasteiger partial charge in [0.2, 0.25) is 0 Å². The summed E-state index contributed by atoms with van der Waals surface area (Å²) in [4.78, 5) is 11.2. The highest BCUT2D eigenvalue weighted by molar-refractivity contribution is 5.98. The number of hydrogen-bond acceptors (Lipinski definition) is 3. The van der Waals surface area contributed by atoms with E-state index in [-0.39, 0.29) is 17.1 Å². The number of rotatable bonds is 4. The molecule has 1 amide bonds. The third-order valence-electron chi connectivity index (χ3n) is 2.61. The number of carbonyl (C=O) groups excluding carboxylic acids is 1. The van der Waals surface area contributed by atoms with Gasteiger partial charge in [0.1, 0.15) is 23.7 Å². The first-order valence-corrected chi connectivity index (χ1v) is 5.38. The molecule has 1 aromatic heterocycles. The summed E-state index contributed by atoms with van der Waals surface area (Å²) < 4.78 is 14.1. The summed E-state index contributed by atoms with van der Waals surface area (Å²) >= 11 is 0. The predicted octanol–water partition coefficient (Wildman–Crippen LogP) is 1.08. The number of primary amides is 1. The van der Waals surface area contributed by atoms with E-state index >= 15 is 0 Å². The molecule has 2 rings (SSSR count). The topological polar surface area (TPSA) is 86.9 Å². The lowest BCUT2D eigenvalue weighted by Crippen LogP contribution is -2.15. The SMILES string of the molecule is NC(=O)c1c(CF)nn(Cc2ccccc2)c1N. The highest BCUT2D eigenvalue weighted by Gasteiger charge is 2.19. The van der Waals surface area contributed by atoms with Crippen LogP contribution in [-0.2, 0) is 13.2 Å². The molecule has 0 unspecified atom stereocenters. The first-order chi connectivity index (χ1) is 8.63. The quantitative estimate of drug-likeness (QED) is 0.848. The zero-order valence-electron chi connectivity index (χ0n) is 9.64. The Morgan fingerprint density at radius 3 is 2.50 bits per heavy atom. The van der Waals surface area contributed by atoms with E-state index in [0.29, 0.717) is 6.54 Å². The van der Waals surface area contributed by atoms with Crippen LogP contribution in [-0.4, -0.2) is 15.7 Å². The van der Waals surface area contributed by atoms with Crippen LogP contribution in [0.25, 0.3) is 0 Å². The normalized spacial score (nSPS) is 10.5. The number of nitrogens with two attached hydrogens (primary N) is 2. The second-order valence-corrected chi connectivity index (χ2v) is 3.85. The second-order valence-electron chi connectivity index (χ2n) is 3.85. The molecule has 0 spiro atoms. The maximum atomic E-state index is 12.7. The summed E-state index contributed by atoms with van der Waals surface area (Å²) in [6.45, 7) is -0.503. The lowest BCUT2D eigenvalue weighted by Gasteiger charge is -2.04. The van der Waals surface area contributed by atoms with E-state index < -0.39 is 12.6 Å². The van der Waals surface area contributed by atoms with E-state index in [2.05, 4.69) is 5.10 Å². The fourth-order valence-electron chi connectivity index (χ4n) is 1.77. The molecule has 94 valence electrons. The molecule has 6 heteroatoms. The van der Waals surface area contributed by atoms with Gasteiger partial charge in [0.25, 0.3) is 5.91 Å². The van der Waals surface area contributed by atoms with Gasteiger partial charge >= 0.3 is 0 Å². The van der Waals surface area contributed by atoms with Gasteiger partial charge in [-0.1, -0.05) is 30.3 Å². The molecule has 0 bridgehead atoms. The molecule has 0 radical (unpaired) electrons. The summed E-state index contributed by atoms with van der Waals surface area (Å²) in [5.41, 5.74) is 11.8. The lowest BCUT2D eigenvalue weighted by atomic mass is 10.2. The fourth-order valence-corrected chi connectivity index (χ4v) is 1.77. The van der Waals surface area contributed by atoms with Crippen LogP contribution in [0.1, 0.15) is 21.6 Å². The van der Waals surface area contributed by atoms with E-state index in [4.69, 9.17) is 11.5 Å². The molecule has 1 aromatic carbocycles. The van der Waals surface area contributed by atoms with Crippen LogP contribution in [0.15, 0.2) is 30.3 Å². The van der Waals surface area contributed by atoms with Crippen molar-refractivity contribution in [1.82, 2.24) is 9.78 Å². The molecule has 0 atom stereocenters. The van der Waals surface area contributed by atoms with E-state index in [0.717, 1.165) is 5.56 Å². The zero-order valence-corrected chi connectivity index (χ0v) is 9.64. The Morgan fingerprint density at radius 2 is 2.00 bits per heavy atom. The van der Waals surface area contributed by atoms with Gasteiger partial charge in [0, 0.05) is 0 Å². The minimum atomic E-state index is -0.871. The standard InChI is InChI=1S/C12H13FN4O/c13-6-9-10(12(15)18)11(14)17(16-9)7-8-4-2-1-3-5-8/h1-5H,6-7,14H2,(H2,15,18). The van der Waals surface area contributed by atoms with Crippen molar-refractivity contribution in [3.8, 4) is 0 Å². The Balaban J connectivity index is 2.38. The number of nitrogen functional groups attached to an aromatic ring is 1. The molecule has 0 aliphatic carbocycles. The molecule has 4 N–H and O–H groups in total. The third-order valence-corrected chi connectivity index (χ3v) is 2.61. The maximum Gasteiger partial charge on any atom is 0.254 e. The number of hydrogen-bond donors (Lipinski definition) is 2. The Labute approximate surface area is 103 Å². The molecular formula is C12H13FN4O. The third kappa shape index (κ3) is 2.17. The van der Waals surface area contributed by atoms with Crippen molar-refractivity contribution in [2.45, 2.75) is 13.2 Å². The second kappa shape index (κ2) is 4.87. The number of carbonyl (C=O) groups is 1. The molecule has 0 saturated carbocycles. The number of aromatic nitrogens is 2. The van der Waals surface area contributed by atoms with Gasteiger partial charge in [-0.15, -0.1) is 0 Å². The lowest BCUT2D eigenvalue weighted by molar-refractivity contribution is 0.0999. The van der Waals surface area contributed by atoms with Crippen molar-refractivity contribution in [1.29, 1.82) is 0 Å². The largest absolute Gasteiger partial charge is 0.383 e. The zero-order chi connectivity index (χ0) is 13.1. The van der Waals surface area contributed by atoms with Gasteiger partial charge in [0.15, 0.2) is 0 Å². The van der Waals surface area contributed by atoms with E-state index in [1.54, 1.807) is 0 Å². The molecule has 2 aromatic rings. The Hall–Kier alpha value is -2.37. The Bertz CT molecular complexity index is 565. The first kappa shape index (κ1) is 12.1. The maximum absolute atomic E-state index is 12.7. The first-order valence-electron chi connectivity index (χ1n) is 5.38. The van der Waals surface area contributed by atoms with Crippen LogP contribution in [0, 0.1) is 0 Å². The number of anilines is 1. The molecule has 18 heavy (non-hydrogen) atoms. The van der Waals surface area contributed by atoms with Crippen LogP contribution >= 0.6 is 0 Å². The van der Waals surface area contributed by atoms with E-state index in [9.17, 15) is 9.18 Å². The van der Waals surface area contributed by atoms with Crippen LogP contribution in [0.3, 0.4) is 0 Å². The minimum Gasteiger partial charge on any atom is -0.383 e. The molecule has 5 nitrogen and oxygen atoms in total. The van der Waals surface area contributed by atoms with Gasteiger partial charge in [0.05, 0.1) is 6.54 Å². The number of benzene rings is 1. The van der Waals surface area contributed by atoms with Crippen LogP contribution < -0.4 is 11.5 Å². The summed E-state index contributed by atoms with van der Waals surface area (Å²) in [6, 6.07) is 9.41. The summed E-state index contributed by atoms with van der Waals surface area (Å²) in [6.07, 6.45) is 0. The van der Waals surface area contributed by atoms with Crippen molar-refractivity contribution >= 4 is 11.7 Å². The molecular weight excluding hydrogens is 235 g/mol. The van der Waals surface area contributed by atoms with Gasteiger partial charge in [-0.3, -0.25) is 4.79 Å². The van der Waals surface area contributed by atoms with Gasteiger partial charge in [-0.2, -0.15) is 5.10 Å². The summed E-state index contributed by atoms with van der Waals surface area (Å²) in [7, 11) is 0. The number of amides is 1. The number of nitrogens with zero attached hydrogens (tertiary/aromatic N) is 2. The van der Waals surface area contributed by atoms with Crippen molar-refractivity contribution in [3.63, 3.8) is 0 Å². The van der Waals surface area contributed by atoms with Gasteiger partial charge in [-0.05, 0) is 5.56 Å². The molecule has 0 aliphatic heterocycles. The molecule has 0 saturated heterocycles. The Kier molecular flexibility index (Phi) is 3.27. The average molecular weight is 248 g/mol. The molecule has 0 aliphatic rings. The predicted molar refractivity (Wildman–Crippen MR) is 65.5 cm³/mol. The summed E-state index contributed by atoms with van der Waals surface area (Å²) in [5.74, 6) is -0.668. The average Bonchev–Trinajstić information content (AvgIpc) is 2.67. The molecule has 1 heterocycles. The minimum absolute atomic E-state index is 0.0177. The van der Waals surface area contributed by atoms with Crippen molar-refractivity contribution in [2.75, 3.05) is 5.73 Å². The van der Waals surface area contributed by atoms with E-state index in [1.165, 1.54) is 4.68 Å². The molecule has 0 fully saturated rings. The van der Waals surface area contributed by atoms with Crippen LogP contribution in [0.5, 0.6) is 0 Å². The van der Waals surface area contributed by atoms with Crippen LogP contribution in [0.2, 0.25) is 0 Å². The van der Waals surface area contributed by atoms with E-state index in [1.807, 2.05) is 30.3 Å².